The lowest BCUT2D eigenvalue weighted by Gasteiger charge is -2.32. The molecule has 1 saturated heterocycles. The number of nitrogens with zero attached hydrogens (tertiary/aromatic N) is 3. The van der Waals surface area contributed by atoms with E-state index in [-0.39, 0.29) is 11.9 Å². The summed E-state index contributed by atoms with van der Waals surface area (Å²) in [7, 11) is 0. The first-order valence-corrected chi connectivity index (χ1v) is 6.88. The molecule has 19 heavy (non-hydrogen) atoms. The summed E-state index contributed by atoms with van der Waals surface area (Å²) >= 11 is 1.28. The molecule has 0 spiro atoms. The number of rotatable bonds is 3. The van der Waals surface area contributed by atoms with Gasteiger partial charge in [0.05, 0.1) is 0 Å². The lowest BCUT2D eigenvalue weighted by Crippen LogP contribution is -2.46. The van der Waals surface area contributed by atoms with Gasteiger partial charge in [-0.1, -0.05) is 11.3 Å². The molecule has 4 N–H and O–H groups in total. The van der Waals surface area contributed by atoms with Gasteiger partial charge in [-0.2, -0.15) is 0 Å². The molecule has 2 rings (SSSR count). The predicted molar refractivity (Wildman–Crippen MR) is 70.8 cm³/mol. The van der Waals surface area contributed by atoms with Crippen LogP contribution in [0.3, 0.4) is 0 Å². The van der Waals surface area contributed by atoms with Crippen LogP contribution in [0.1, 0.15) is 12.8 Å². The van der Waals surface area contributed by atoms with E-state index in [2.05, 4.69) is 20.8 Å². The molecule has 104 valence electrons. The van der Waals surface area contributed by atoms with Crippen molar-refractivity contribution in [3.63, 3.8) is 0 Å². The highest BCUT2D eigenvalue weighted by molar-refractivity contribution is 7.13. The average molecular weight is 284 g/mol. The minimum absolute atomic E-state index is 0.180. The summed E-state index contributed by atoms with van der Waals surface area (Å²) in [5.74, 6) is 0.237. The summed E-state index contributed by atoms with van der Waals surface area (Å²) in [5, 5.41) is 13.2. The van der Waals surface area contributed by atoms with Gasteiger partial charge < -0.3 is 16.0 Å². The number of carbonyl (C=O) groups excluding carboxylic acids is 2. The zero-order valence-corrected chi connectivity index (χ0v) is 11.2. The van der Waals surface area contributed by atoms with Crippen molar-refractivity contribution in [1.82, 2.24) is 20.4 Å². The smallest absolute Gasteiger partial charge is 0.323 e. The third kappa shape index (κ3) is 4.05. The third-order valence-electron chi connectivity index (χ3n) is 2.95. The molecule has 2 heterocycles. The summed E-state index contributed by atoms with van der Waals surface area (Å²) in [5.41, 5.74) is 6.60. The largest absolute Gasteiger partial charge is 0.352 e. The van der Waals surface area contributed by atoms with E-state index in [1.54, 1.807) is 10.4 Å². The third-order valence-corrected chi connectivity index (χ3v) is 3.55. The van der Waals surface area contributed by atoms with Gasteiger partial charge in [-0.3, -0.25) is 5.32 Å². The Morgan fingerprint density at radius 2 is 2.42 bits per heavy atom. The summed E-state index contributed by atoms with van der Waals surface area (Å²) in [6.45, 7) is 1.81. The first kappa shape index (κ1) is 13.5. The normalized spacial score (nSPS) is 18.9. The number of carbonyl (C=O) groups is 2. The molecule has 1 aromatic heterocycles. The molecule has 0 radical (unpaired) electrons. The monoisotopic (exact) mass is 284 g/mol. The number of piperidine rings is 1. The van der Waals surface area contributed by atoms with Crippen LogP contribution in [0.2, 0.25) is 0 Å². The standard InChI is InChI=1S/C10H16N6O2S/c11-8(17)12-4-7-2-1-3-16(5-7)10(18)14-9-15-13-6-19-9/h6-7H,1-5H2,(H3,11,12,17)(H,14,15,18)/t7-/m0/s1. The van der Waals surface area contributed by atoms with Crippen molar-refractivity contribution in [3.8, 4) is 0 Å². The Kier molecular flexibility index (Phi) is 4.50. The Bertz CT molecular complexity index is 437. The molecular weight excluding hydrogens is 268 g/mol. The van der Waals surface area contributed by atoms with E-state index in [0.29, 0.717) is 24.8 Å². The first-order valence-electron chi connectivity index (χ1n) is 6.00. The van der Waals surface area contributed by atoms with E-state index in [0.717, 1.165) is 12.8 Å². The Morgan fingerprint density at radius 3 is 3.11 bits per heavy atom. The Hall–Kier alpha value is -1.90. The van der Waals surface area contributed by atoms with Crippen molar-refractivity contribution in [2.24, 2.45) is 11.7 Å². The summed E-state index contributed by atoms with van der Waals surface area (Å²) in [6.07, 6.45) is 1.89. The fourth-order valence-corrected chi connectivity index (χ4v) is 2.49. The highest BCUT2D eigenvalue weighted by Crippen LogP contribution is 2.17. The molecule has 0 aromatic carbocycles. The highest BCUT2D eigenvalue weighted by atomic mass is 32.1. The van der Waals surface area contributed by atoms with Crippen LogP contribution in [0.25, 0.3) is 0 Å². The zero-order valence-electron chi connectivity index (χ0n) is 10.3. The lowest BCUT2D eigenvalue weighted by atomic mass is 9.98. The fourth-order valence-electron chi connectivity index (χ4n) is 2.06. The van der Waals surface area contributed by atoms with Crippen molar-refractivity contribution in [1.29, 1.82) is 0 Å². The van der Waals surface area contributed by atoms with Crippen molar-refractivity contribution in [2.75, 3.05) is 25.0 Å². The van der Waals surface area contributed by atoms with E-state index in [1.165, 1.54) is 11.3 Å². The quantitative estimate of drug-likeness (QED) is 0.747. The van der Waals surface area contributed by atoms with Gasteiger partial charge in [0.1, 0.15) is 5.51 Å². The van der Waals surface area contributed by atoms with Gasteiger partial charge in [-0.15, -0.1) is 10.2 Å². The highest BCUT2D eigenvalue weighted by Gasteiger charge is 2.24. The first-order chi connectivity index (χ1) is 9.15. The molecule has 8 nitrogen and oxygen atoms in total. The summed E-state index contributed by atoms with van der Waals surface area (Å²) in [4.78, 5) is 24.4. The topological polar surface area (TPSA) is 113 Å². The van der Waals surface area contributed by atoms with Gasteiger partial charge in [0.25, 0.3) is 0 Å². The maximum Gasteiger partial charge on any atom is 0.323 e. The SMILES string of the molecule is NC(=O)NC[C@@H]1CCCN(C(=O)Nc2nncs2)C1. The van der Waals surface area contributed by atoms with Gasteiger partial charge in [-0.05, 0) is 18.8 Å². The van der Waals surface area contributed by atoms with Crippen LogP contribution in [0.4, 0.5) is 14.7 Å². The number of nitrogens with two attached hydrogens (primary N) is 1. The van der Waals surface area contributed by atoms with Gasteiger partial charge in [0.15, 0.2) is 0 Å². The maximum atomic E-state index is 12.0. The van der Waals surface area contributed by atoms with Crippen molar-refractivity contribution >= 4 is 28.5 Å². The molecule has 0 aliphatic carbocycles. The van der Waals surface area contributed by atoms with Gasteiger partial charge in [0.2, 0.25) is 5.13 Å². The second-order valence-electron chi connectivity index (χ2n) is 4.37. The van der Waals surface area contributed by atoms with Crippen LogP contribution in [-0.2, 0) is 0 Å². The van der Waals surface area contributed by atoms with E-state index < -0.39 is 6.03 Å². The Labute approximate surface area is 114 Å². The molecule has 1 aliphatic rings. The number of primary amides is 1. The number of anilines is 1. The molecular formula is C10H16N6O2S. The molecule has 1 atom stereocenters. The fraction of sp³-hybridized carbons (Fsp3) is 0.600. The van der Waals surface area contributed by atoms with E-state index >= 15 is 0 Å². The number of likely N-dealkylation sites (tertiary alicyclic amines) is 1. The van der Waals surface area contributed by atoms with E-state index in [1.807, 2.05) is 0 Å². The molecule has 9 heteroatoms. The number of urea groups is 2. The van der Waals surface area contributed by atoms with Gasteiger partial charge in [-0.25, -0.2) is 9.59 Å². The lowest BCUT2D eigenvalue weighted by molar-refractivity contribution is 0.176. The van der Waals surface area contributed by atoms with Gasteiger partial charge in [0, 0.05) is 19.6 Å². The van der Waals surface area contributed by atoms with Crippen LogP contribution < -0.4 is 16.4 Å². The average Bonchev–Trinajstić information content (AvgIpc) is 2.89. The minimum atomic E-state index is -0.532. The number of hydrogen-bond donors (Lipinski definition) is 3. The Morgan fingerprint density at radius 1 is 1.58 bits per heavy atom. The van der Waals surface area contributed by atoms with Crippen molar-refractivity contribution < 1.29 is 9.59 Å². The number of amides is 4. The minimum Gasteiger partial charge on any atom is -0.352 e. The molecule has 0 bridgehead atoms. The number of nitrogens with one attached hydrogen (secondary N) is 2. The molecule has 4 amide bonds. The molecule has 1 fully saturated rings. The van der Waals surface area contributed by atoms with Crippen LogP contribution in [0.5, 0.6) is 0 Å². The van der Waals surface area contributed by atoms with Crippen LogP contribution >= 0.6 is 11.3 Å². The molecule has 0 saturated carbocycles. The Balaban J connectivity index is 1.82. The number of aromatic nitrogens is 2. The second-order valence-corrected chi connectivity index (χ2v) is 5.21. The van der Waals surface area contributed by atoms with E-state index in [4.69, 9.17) is 5.73 Å². The zero-order chi connectivity index (χ0) is 13.7. The molecule has 1 aliphatic heterocycles. The van der Waals surface area contributed by atoms with Crippen LogP contribution in [0, 0.1) is 5.92 Å². The number of hydrogen-bond acceptors (Lipinski definition) is 5. The molecule has 1 aromatic rings. The van der Waals surface area contributed by atoms with E-state index in [9.17, 15) is 9.59 Å². The van der Waals surface area contributed by atoms with Gasteiger partial charge >= 0.3 is 12.1 Å². The maximum absolute atomic E-state index is 12.0. The van der Waals surface area contributed by atoms with Crippen LogP contribution in [-0.4, -0.2) is 46.8 Å². The second kappa shape index (κ2) is 6.32. The molecule has 0 unspecified atom stereocenters. The predicted octanol–water partition coefficient (Wildman–Crippen LogP) is 0.450. The van der Waals surface area contributed by atoms with Crippen LogP contribution in [0.15, 0.2) is 5.51 Å². The summed E-state index contributed by atoms with van der Waals surface area (Å²) in [6, 6.07) is -0.712. The van der Waals surface area contributed by atoms with Crippen molar-refractivity contribution in [2.45, 2.75) is 12.8 Å². The summed E-state index contributed by atoms with van der Waals surface area (Å²) < 4.78 is 0. The van der Waals surface area contributed by atoms with Crippen molar-refractivity contribution in [3.05, 3.63) is 5.51 Å².